The second-order valence-corrected chi connectivity index (χ2v) is 9.47. The monoisotopic (exact) mass is 301 g/mol. The van der Waals surface area contributed by atoms with E-state index in [0.29, 0.717) is 18.4 Å². The first kappa shape index (κ1) is 14.3. The van der Waals surface area contributed by atoms with Crippen LogP contribution in [0.5, 0.6) is 5.19 Å². The molecular formula is C7H12NO4PS3. The third-order valence-corrected chi connectivity index (χ3v) is 6.61. The van der Waals surface area contributed by atoms with Crippen LogP contribution in [0.1, 0.15) is 13.8 Å². The maximum atomic E-state index is 12.2. The van der Waals surface area contributed by atoms with Gasteiger partial charge in [-0.25, -0.2) is 9.55 Å². The van der Waals surface area contributed by atoms with Crippen LogP contribution in [0.2, 0.25) is 0 Å². The van der Waals surface area contributed by atoms with Crippen molar-refractivity contribution in [3.05, 3.63) is 11.6 Å². The summed E-state index contributed by atoms with van der Waals surface area (Å²) < 4.78 is 27.6. The smallest absolute Gasteiger partial charge is 0.398 e. The van der Waals surface area contributed by atoms with Crippen molar-refractivity contribution in [2.45, 2.75) is 13.8 Å². The molecule has 0 saturated heterocycles. The lowest BCUT2D eigenvalue weighted by Crippen LogP contribution is -1.89. The molecule has 0 N–H and O–H groups in total. The fourth-order valence-corrected chi connectivity index (χ4v) is 5.64. The highest BCUT2D eigenvalue weighted by Gasteiger charge is 2.30. The molecule has 92 valence electrons. The van der Waals surface area contributed by atoms with Gasteiger partial charge in [0, 0.05) is 11.6 Å². The van der Waals surface area contributed by atoms with Crippen LogP contribution in [0.15, 0.2) is 11.6 Å². The van der Waals surface area contributed by atoms with E-state index in [2.05, 4.69) is 4.98 Å². The topological polar surface area (TPSA) is 57.7 Å². The molecule has 0 bridgehead atoms. The van der Waals surface area contributed by atoms with Gasteiger partial charge in [0.15, 0.2) is 0 Å². The van der Waals surface area contributed by atoms with Gasteiger partial charge in [-0.15, -0.1) is 0 Å². The van der Waals surface area contributed by atoms with Crippen molar-refractivity contribution in [2.75, 3.05) is 13.2 Å². The molecule has 16 heavy (non-hydrogen) atoms. The predicted molar refractivity (Wildman–Crippen MR) is 68.8 cm³/mol. The number of thiazole rings is 1. The number of hydrogen-bond acceptors (Lipinski definition) is 8. The zero-order chi connectivity index (χ0) is 11.9. The van der Waals surface area contributed by atoms with E-state index in [9.17, 15) is 4.57 Å². The summed E-state index contributed by atoms with van der Waals surface area (Å²) in [5.74, 6) is -3.10. The van der Waals surface area contributed by atoms with Crippen molar-refractivity contribution in [1.82, 2.24) is 4.98 Å². The summed E-state index contributed by atoms with van der Waals surface area (Å²) in [7, 11) is 0. The minimum absolute atomic E-state index is 0.350. The highest BCUT2D eigenvalue weighted by molar-refractivity contribution is 8.87. The third-order valence-electron chi connectivity index (χ3n) is 1.12. The lowest BCUT2D eigenvalue weighted by molar-refractivity contribution is 0.398. The third kappa shape index (κ3) is 5.07. The molecule has 0 fully saturated rings. The largest absolute Gasteiger partial charge is 0.413 e. The minimum Gasteiger partial charge on any atom is -0.398 e. The van der Waals surface area contributed by atoms with Crippen LogP contribution in [0.25, 0.3) is 0 Å². The molecule has 0 aromatic carbocycles. The van der Waals surface area contributed by atoms with Crippen molar-refractivity contribution >= 4 is 40.4 Å². The molecule has 1 rings (SSSR count). The van der Waals surface area contributed by atoms with Crippen molar-refractivity contribution in [3.63, 3.8) is 0 Å². The Morgan fingerprint density at radius 1 is 1.38 bits per heavy atom. The summed E-state index contributed by atoms with van der Waals surface area (Å²) in [5.41, 5.74) is 0. The number of aromatic nitrogens is 1. The van der Waals surface area contributed by atoms with E-state index in [4.69, 9.17) is 12.9 Å². The number of hydrogen-bond donors (Lipinski definition) is 0. The average molecular weight is 301 g/mol. The van der Waals surface area contributed by atoms with Crippen molar-refractivity contribution in [2.24, 2.45) is 0 Å². The van der Waals surface area contributed by atoms with E-state index in [0.717, 1.165) is 23.3 Å². The minimum atomic E-state index is -3.10. The maximum Gasteiger partial charge on any atom is 0.413 e. The van der Waals surface area contributed by atoms with Gasteiger partial charge in [0.2, 0.25) is 0 Å². The molecule has 0 aliphatic carbocycles. The number of nitrogens with zero attached hydrogens (tertiary/aromatic N) is 1. The van der Waals surface area contributed by atoms with Crippen molar-refractivity contribution < 1.29 is 17.5 Å². The summed E-state index contributed by atoms with van der Waals surface area (Å²) >= 11 is 2.87. The fourth-order valence-electron chi connectivity index (χ4n) is 0.628. The van der Waals surface area contributed by atoms with Crippen LogP contribution in [0.4, 0.5) is 0 Å². The Kier molecular flexibility index (Phi) is 6.79. The molecule has 0 aliphatic rings. The van der Waals surface area contributed by atoms with Gasteiger partial charge in [0.1, 0.15) is 23.3 Å². The van der Waals surface area contributed by atoms with E-state index in [-0.39, 0.29) is 0 Å². The van der Waals surface area contributed by atoms with E-state index in [1.165, 1.54) is 11.3 Å². The van der Waals surface area contributed by atoms with Gasteiger partial charge in [-0.05, 0) is 13.8 Å². The first-order valence-corrected chi connectivity index (χ1v) is 9.71. The SMILES string of the molecule is CCOSP(=O)(Oc1nccs1)SOCC. The Morgan fingerprint density at radius 3 is 2.44 bits per heavy atom. The molecule has 0 saturated carbocycles. The summed E-state index contributed by atoms with van der Waals surface area (Å²) in [5, 5.41) is 2.10. The maximum absolute atomic E-state index is 12.2. The Labute approximate surface area is 107 Å². The van der Waals surface area contributed by atoms with Gasteiger partial charge in [-0.3, -0.25) is 0 Å². The zero-order valence-electron chi connectivity index (χ0n) is 8.82. The first-order chi connectivity index (χ1) is 7.70. The van der Waals surface area contributed by atoms with E-state index < -0.39 is 5.77 Å². The van der Waals surface area contributed by atoms with Gasteiger partial charge in [0.25, 0.3) is 5.19 Å². The molecule has 0 atom stereocenters. The molecule has 0 spiro atoms. The van der Waals surface area contributed by atoms with Crippen LogP contribution in [-0.4, -0.2) is 18.2 Å². The first-order valence-electron chi connectivity index (χ1n) is 4.51. The molecule has 1 aromatic heterocycles. The van der Waals surface area contributed by atoms with E-state index >= 15 is 0 Å². The Hall–Kier alpha value is 0.280. The molecule has 0 radical (unpaired) electrons. The Balaban J connectivity index is 2.58. The van der Waals surface area contributed by atoms with Crippen molar-refractivity contribution in [1.29, 1.82) is 0 Å². The predicted octanol–water partition coefficient (Wildman–Crippen LogP) is 4.00. The second-order valence-electron chi connectivity index (χ2n) is 2.30. The van der Waals surface area contributed by atoms with Crippen LogP contribution >= 0.6 is 40.4 Å². The van der Waals surface area contributed by atoms with Gasteiger partial charge < -0.3 is 12.9 Å². The second kappa shape index (κ2) is 7.58. The molecule has 1 heterocycles. The number of rotatable bonds is 8. The lowest BCUT2D eigenvalue weighted by Gasteiger charge is -2.13. The quantitative estimate of drug-likeness (QED) is 0.531. The van der Waals surface area contributed by atoms with Crippen LogP contribution in [-0.2, 0) is 12.9 Å². The van der Waals surface area contributed by atoms with Crippen LogP contribution < -0.4 is 4.52 Å². The molecule has 0 unspecified atom stereocenters. The van der Waals surface area contributed by atoms with Gasteiger partial charge >= 0.3 is 5.77 Å². The average Bonchev–Trinajstić information content (AvgIpc) is 2.76. The standard InChI is InChI=1S/C7H12NO4PS3/c1-3-10-15-13(9,16-11-4-2)12-7-8-5-6-14-7/h5-6H,3-4H2,1-2H3. The molecule has 0 aliphatic heterocycles. The zero-order valence-corrected chi connectivity index (χ0v) is 12.2. The van der Waals surface area contributed by atoms with Crippen LogP contribution in [0.3, 0.4) is 0 Å². The highest BCUT2D eigenvalue weighted by Crippen LogP contribution is 2.69. The van der Waals surface area contributed by atoms with Gasteiger partial charge in [0.05, 0.1) is 13.2 Å². The summed E-state index contributed by atoms with van der Waals surface area (Å²) in [6.07, 6.45) is 1.58. The lowest BCUT2D eigenvalue weighted by atomic mass is 10.9. The molecule has 0 amide bonds. The molecule has 5 nitrogen and oxygen atoms in total. The summed E-state index contributed by atoms with van der Waals surface area (Å²) in [4.78, 5) is 3.90. The van der Waals surface area contributed by atoms with Crippen LogP contribution in [0, 0.1) is 0 Å². The highest BCUT2D eigenvalue weighted by atomic mass is 33.1. The molecule has 9 heteroatoms. The van der Waals surface area contributed by atoms with E-state index in [1.807, 2.05) is 13.8 Å². The van der Waals surface area contributed by atoms with Gasteiger partial charge in [-0.2, -0.15) is 0 Å². The molecular weight excluding hydrogens is 289 g/mol. The van der Waals surface area contributed by atoms with Crippen molar-refractivity contribution in [3.8, 4) is 5.19 Å². The normalized spacial score (nSPS) is 11.6. The summed E-state index contributed by atoms with van der Waals surface area (Å²) in [6.45, 7) is 4.52. The van der Waals surface area contributed by atoms with Gasteiger partial charge in [-0.1, -0.05) is 11.3 Å². The summed E-state index contributed by atoms with van der Waals surface area (Å²) in [6, 6.07) is 0. The fraction of sp³-hybridized carbons (Fsp3) is 0.571. The Bertz CT molecular complexity index is 322. The molecule has 1 aromatic rings. The van der Waals surface area contributed by atoms with E-state index in [1.54, 1.807) is 11.6 Å². The Morgan fingerprint density at radius 2 is 2.00 bits per heavy atom.